The van der Waals surface area contributed by atoms with Crippen LogP contribution >= 0.6 is 0 Å². The molecule has 3 rings (SSSR count). The van der Waals surface area contributed by atoms with Crippen LogP contribution in [0.5, 0.6) is 0 Å². The van der Waals surface area contributed by atoms with Crippen LogP contribution < -0.4 is 5.32 Å². The van der Waals surface area contributed by atoms with Gasteiger partial charge in [-0.2, -0.15) is 5.10 Å². The van der Waals surface area contributed by atoms with Crippen molar-refractivity contribution in [3.05, 3.63) is 41.9 Å². The van der Waals surface area contributed by atoms with Gasteiger partial charge >= 0.3 is 0 Å². The molecule has 1 atom stereocenters. The highest BCUT2D eigenvalue weighted by Gasteiger charge is 2.28. The lowest BCUT2D eigenvalue weighted by Gasteiger charge is -2.22. The largest absolute Gasteiger partial charge is 0.309 e. The van der Waals surface area contributed by atoms with E-state index < -0.39 is 13.0 Å². The molecule has 1 amide bonds. The Morgan fingerprint density at radius 2 is 2.32 bits per heavy atom. The number of alkyl halides is 2. The zero-order valence-corrected chi connectivity index (χ0v) is 11.9. The van der Waals surface area contributed by atoms with Gasteiger partial charge in [0.1, 0.15) is 6.54 Å². The van der Waals surface area contributed by atoms with Gasteiger partial charge < -0.3 is 5.32 Å². The Bertz CT molecular complexity index is 671. The second-order valence-electron chi connectivity index (χ2n) is 5.30. The van der Waals surface area contributed by atoms with Crippen LogP contribution in [0.4, 0.5) is 14.6 Å². The number of aryl methyl sites for hydroxylation is 1. The van der Waals surface area contributed by atoms with E-state index in [1.54, 1.807) is 6.20 Å². The Kier molecular flexibility index (Phi) is 4.13. The Balaban J connectivity index is 1.71. The number of hydrogen-bond donors (Lipinski definition) is 1. The van der Waals surface area contributed by atoms with Crippen molar-refractivity contribution < 1.29 is 13.6 Å². The molecule has 1 aliphatic rings. The zero-order chi connectivity index (χ0) is 15.5. The fraction of sp³-hybridized carbons (Fsp3) is 0.400. The summed E-state index contributed by atoms with van der Waals surface area (Å²) in [6.07, 6.45) is 3.22. The van der Waals surface area contributed by atoms with E-state index in [0.717, 1.165) is 35.2 Å². The van der Waals surface area contributed by atoms with E-state index in [2.05, 4.69) is 15.4 Å². The third kappa shape index (κ3) is 3.13. The predicted octanol–water partition coefficient (Wildman–Crippen LogP) is 2.60. The summed E-state index contributed by atoms with van der Waals surface area (Å²) in [4.78, 5) is 16.7. The molecular formula is C15H16F2N4O. The number of hydrogen-bond acceptors (Lipinski definition) is 3. The molecule has 0 saturated carbocycles. The molecule has 5 nitrogen and oxygen atoms in total. The fourth-order valence-electron chi connectivity index (χ4n) is 2.75. The molecule has 22 heavy (non-hydrogen) atoms. The highest BCUT2D eigenvalue weighted by atomic mass is 19.3. The molecule has 1 N–H and O–H groups in total. The van der Waals surface area contributed by atoms with Crippen LogP contribution in [0.2, 0.25) is 0 Å². The third-order valence-corrected chi connectivity index (χ3v) is 3.73. The van der Waals surface area contributed by atoms with E-state index >= 15 is 0 Å². The van der Waals surface area contributed by atoms with E-state index in [0.29, 0.717) is 0 Å². The van der Waals surface area contributed by atoms with Gasteiger partial charge in [-0.05, 0) is 30.9 Å². The van der Waals surface area contributed by atoms with Crippen LogP contribution in [0, 0.1) is 0 Å². The lowest BCUT2D eigenvalue weighted by Crippen LogP contribution is -2.26. The average Bonchev–Trinajstić information content (AvgIpc) is 2.92. The number of carbonyl (C=O) groups is 1. The van der Waals surface area contributed by atoms with Crippen LogP contribution in [-0.2, 0) is 17.8 Å². The maximum atomic E-state index is 12.4. The Morgan fingerprint density at radius 1 is 1.45 bits per heavy atom. The summed E-state index contributed by atoms with van der Waals surface area (Å²) >= 11 is 0. The lowest BCUT2D eigenvalue weighted by atomic mass is 9.86. The Hall–Kier alpha value is -2.31. The number of carbonyl (C=O) groups excluding carboxylic acids is 1. The van der Waals surface area contributed by atoms with Crippen molar-refractivity contribution in [1.29, 1.82) is 0 Å². The Morgan fingerprint density at radius 3 is 3.14 bits per heavy atom. The molecule has 0 aliphatic heterocycles. The van der Waals surface area contributed by atoms with E-state index in [-0.39, 0.29) is 17.6 Å². The van der Waals surface area contributed by atoms with Gasteiger partial charge in [0, 0.05) is 18.5 Å². The molecule has 0 bridgehead atoms. The molecule has 2 aromatic heterocycles. The van der Waals surface area contributed by atoms with Crippen LogP contribution in [0.15, 0.2) is 30.6 Å². The molecule has 1 aliphatic carbocycles. The summed E-state index contributed by atoms with van der Waals surface area (Å²) in [5.41, 5.74) is 1.90. The first-order valence-corrected chi connectivity index (χ1v) is 7.20. The summed E-state index contributed by atoms with van der Waals surface area (Å²) in [7, 11) is 0. The van der Waals surface area contributed by atoms with E-state index in [1.807, 2.05) is 12.1 Å². The van der Waals surface area contributed by atoms with Crippen molar-refractivity contribution in [2.45, 2.75) is 38.2 Å². The van der Waals surface area contributed by atoms with Gasteiger partial charge in [-0.3, -0.25) is 14.5 Å². The molecule has 0 fully saturated rings. The first-order valence-electron chi connectivity index (χ1n) is 7.20. The summed E-state index contributed by atoms with van der Waals surface area (Å²) in [5, 5.41) is 6.62. The molecule has 0 saturated heterocycles. The first-order chi connectivity index (χ1) is 10.6. The van der Waals surface area contributed by atoms with E-state index in [1.165, 1.54) is 12.3 Å². The fourth-order valence-corrected chi connectivity index (χ4v) is 2.75. The van der Waals surface area contributed by atoms with Gasteiger partial charge in [0.05, 0.1) is 11.6 Å². The summed E-state index contributed by atoms with van der Waals surface area (Å²) < 4.78 is 25.7. The van der Waals surface area contributed by atoms with Gasteiger partial charge in [0.15, 0.2) is 5.82 Å². The summed E-state index contributed by atoms with van der Waals surface area (Å²) in [6, 6.07) is 5.37. The van der Waals surface area contributed by atoms with Crippen LogP contribution in [0.3, 0.4) is 0 Å². The molecular weight excluding hydrogens is 290 g/mol. The average molecular weight is 306 g/mol. The molecule has 116 valence electrons. The summed E-state index contributed by atoms with van der Waals surface area (Å²) in [6.45, 7) is -0.482. The quantitative estimate of drug-likeness (QED) is 0.944. The van der Waals surface area contributed by atoms with E-state index in [9.17, 15) is 13.6 Å². The monoisotopic (exact) mass is 306 g/mol. The number of nitrogens with zero attached hydrogens (tertiary/aromatic N) is 3. The van der Waals surface area contributed by atoms with Crippen molar-refractivity contribution in [3.8, 4) is 0 Å². The number of nitrogens with one attached hydrogen (secondary N) is 1. The number of halogens is 2. The zero-order valence-electron chi connectivity index (χ0n) is 11.9. The number of anilines is 1. The maximum absolute atomic E-state index is 12.4. The van der Waals surface area contributed by atoms with Crippen LogP contribution in [0.25, 0.3) is 0 Å². The smallest absolute Gasteiger partial charge is 0.257 e. The van der Waals surface area contributed by atoms with Crippen molar-refractivity contribution in [2.75, 3.05) is 5.32 Å². The standard InChI is InChI=1S/C15H16F2N4O/c16-12(17)9-21-8-6-13(20-21)19-15(22)11-5-1-3-10-4-2-7-18-14(10)11/h2,4,6-8,11-12H,1,3,5,9H2,(H,19,20,22). The molecule has 0 radical (unpaired) electrons. The minimum atomic E-state index is -2.47. The normalized spacial score (nSPS) is 17.3. The van der Waals surface area contributed by atoms with Gasteiger partial charge in [0.2, 0.25) is 5.91 Å². The SMILES string of the molecule is O=C(Nc1ccn(CC(F)F)n1)C1CCCc2cccnc21. The van der Waals surface area contributed by atoms with Gasteiger partial charge in [0.25, 0.3) is 6.43 Å². The molecule has 2 aromatic rings. The van der Waals surface area contributed by atoms with Gasteiger partial charge in [-0.1, -0.05) is 6.07 Å². The third-order valence-electron chi connectivity index (χ3n) is 3.73. The van der Waals surface area contributed by atoms with Crippen molar-refractivity contribution >= 4 is 11.7 Å². The minimum absolute atomic E-state index is 0.193. The first kappa shape index (κ1) is 14.6. The topological polar surface area (TPSA) is 59.8 Å². The number of pyridine rings is 1. The minimum Gasteiger partial charge on any atom is -0.309 e. The highest BCUT2D eigenvalue weighted by molar-refractivity contribution is 5.95. The molecule has 2 heterocycles. The number of aromatic nitrogens is 3. The van der Waals surface area contributed by atoms with Crippen LogP contribution in [0.1, 0.15) is 30.0 Å². The molecule has 1 unspecified atom stereocenters. The molecule has 0 spiro atoms. The predicted molar refractivity (Wildman–Crippen MR) is 76.8 cm³/mol. The van der Waals surface area contributed by atoms with Gasteiger partial charge in [-0.25, -0.2) is 8.78 Å². The number of rotatable bonds is 4. The molecule has 7 heteroatoms. The summed E-state index contributed by atoms with van der Waals surface area (Å²) in [5.74, 6) is -0.221. The number of amides is 1. The second-order valence-corrected chi connectivity index (χ2v) is 5.30. The Labute approximate surface area is 126 Å². The van der Waals surface area contributed by atoms with Crippen molar-refractivity contribution in [2.24, 2.45) is 0 Å². The maximum Gasteiger partial charge on any atom is 0.257 e. The lowest BCUT2D eigenvalue weighted by molar-refractivity contribution is -0.118. The van der Waals surface area contributed by atoms with Crippen molar-refractivity contribution in [3.63, 3.8) is 0 Å². The highest BCUT2D eigenvalue weighted by Crippen LogP contribution is 2.30. The van der Waals surface area contributed by atoms with E-state index in [4.69, 9.17) is 0 Å². The second kappa shape index (κ2) is 6.21. The van der Waals surface area contributed by atoms with Crippen LogP contribution in [-0.4, -0.2) is 27.1 Å². The van der Waals surface area contributed by atoms with Gasteiger partial charge in [-0.15, -0.1) is 0 Å². The molecule has 0 aromatic carbocycles. The number of fused-ring (bicyclic) bond motifs is 1. The van der Waals surface area contributed by atoms with Crippen molar-refractivity contribution in [1.82, 2.24) is 14.8 Å².